The number of carbonyl (C=O) groups is 1. The van der Waals surface area contributed by atoms with E-state index < -0.39 is 10.0 Å². The van der Waals surface area contributed by atoms with Gasteiger partial charge in [0.05, 0.1) is 11.0 Å². The molecule has 0 unspecified atom stereocenters. The lowest BCUT2D eigenvalue weighted by atomic mass is 10.2. The zero-order valence-corrected chi connectivity index (χ0v) is 16.2. The smallest absolute Gasteiger partial charge is 0.251 e. The molecule has 0 heterocycles. The highest BCUT2D eigenvalue weighted by molar-refractivity contribution is 7.89. The predicted octanol–water partition coefficient (Wildman–Crippen LogP) is 2.65. The lowest BCUT2D eigenvalue weighted by molar-refractivity contribution is 0.0951. The van der Waals surface area contributed by atoms with E-state index in [0.29, 0.717) is 12.1 Å². The van der Waals surface area contributed by atoms with Crippen molar-refractivity contribution in [1.29, 1.82) is 0 Å². The first-order chi connectivity index (χ1) is 12.2. The second-order valence-corrected chi connectivity index (χ2v) is 8.46. The van der Waals surface area contributed by atoms with Gasteiger partial charge in [0.25, 0.3) is 5.91 Å². The third-order valence-corrected chi connectivity index (χ3v) is 5.47. The standard InChI is InChI=1S/C19H24N2O4S/c1-14(2)25-17-9-5-15(6-10-17)13-20-19(22)16-7-11-18(12-8-16)26(23,24)21(3)4/h5-12,14H,13H2,1-4H3,(H,20,22). The van der Waals surface area contributed by atoms with Crippen molar-refractivity contribution < 1.29 is 17.9 Å². The molecule has 0 saturated heterocycles. The van der Waals surface area contributed by atoms with Gasteiger partial charge in [-0.15, -0.1) is 0 Å². The van der Waals surface area contributed by atoms with Crippen molar-refractivity contribution in [3.05, 3.63) is 59.7 Å². The number of sulfonamides is 1. The minimum absolute atomic E-state index is 0.111. The van der Waals surface area contributed by atoms with Crippen LogP contribution in [-0.2, 0) is 16.6 Å². The van der Waals surface area contributed by atoms with E-state index in [0.717, 1.165) is 15.6 Å². The van der Waals surface area contributed by atoms with Gasteiger partial charge >= 0.3 is 0 Å². The number of ether oxygens (including phenoxy) is 1. The maximum Gasteiger partial charge on any atom is 0.251 e. The summed E-state index contributed by atoms with van der Waals surface area (Å²) in [6.45, 7) is 4.30. The number of nitrogens with zero attached hydrogens (tertiary/aromatic N) is 1. The van der Waals surface area contributed by atoms with E-state index in [1.165, 1.54) is 38.4 Å². The lowest BCUT2D eigenvalue weighted by Crippen LogP contribution is -2.24. The third kappa shape index (κ3) is 5.06. The average Bonchev–Trinajstić information content (AvgIpc) is 2.60. The van der Waals surface area contributed by atoms with E-state index in [2.05, 4.69) is 5.32 Å². The van der Waals surface area contributed by atoms with Gasteiger partial charge in [0.1, 0.15) is 5.75 Å². The first-order valence-electron chi connectivity index (χ1n) is 8.26. The Morgan fingerprint density at radius 2 is 1.62 bits per heavy atom. The second-order valence-electron chi connectivity index (χ2n) is 6.31. The van der Waals surface area contributed by atoms with Gasteiger partial charge in [0.15, 0.2) is 0 Å². The minimum atomic E-state index is -3.50. The topological polar surface area (TPSA) is 75.7 Å². The summed E-state index contributed by atoms with van der Waals surface area (Å²) in [4.78, 5) is 12.4. The first-order valence-corrected chi connectivity index (χ1v) is 9.70. The molecule has 0 aliphatic heterocycles. The maximum absolute atomic E-state index is 12.2. The zero-order chi connectivity index (χ0) is 19.3. The Hall–Kier alpha value is -2.38. The third-order valence-electron chi connectivity index (χ3n) is 3.64. The predicted molar refractivity (Wildman–Crippen MR) is 101 cm³/mol. The summed E-state index contributed by atoms with van der Waals surface area (Å²) in [6.07, 6.45) is 0.111. The van der Waals surface area contributed by atoms with Gasteiger partial charge in [0.2, 0.25) is 10.0 Å². The van der Waals surface area contributed by atoms with Crippen molar-refractivity contribution in [3.63, 3.8) is 0 Å². The van der Waals surface area contributed by atoms with Crippen LogP contribution in [0.2, 0.25) is 0 Å². The summed E-state index contributed by atoms with van der Waals surface area (Å²) in [5.74, 6) is 0.522. The molecule has 1 amide bonds. The molecule has 0 atom stereocenters. The van der Waals surface area contributed by atoms with Crippen LogP contribution in [0.4, 0.5) is 0 Å². The summed E-state index contributed by atoms with van der Waals surface area (Å²) in [7, 11) is -0.566. The number of hydrogen-bond acceptors (Lipinski definition) is 4. The van der Waals surface area contributed by atoms with Crippen LogP contribution in [0.5, 0.6) is 5.75 Å². The molecule has 2 aromatic carbocycles. The molecule has 6 nitrogen and oxygen atoms in total. The molecule has 0 spiro atoms. The molecule has 0 saturated carbocycles. The molecule has 2 aromatic rings. The van der Waals surface area contributed by atoms with Crippen LogP contribution < -0.4 is 10.1 Å². The summed E-state index contributed by atoms with van der Waals surface area (Å²) >= 11 is 0. The molecule has 140 valence electrons. The van der Waals surface area contributed by atoms with Crippen LogP contribution in [-0.4, -0.2) is 38.8 Å². The van der Waals surface area contributed by atoms with E-state index in [9.17, 15) is 13.2 Å². The number of nitrogens with one attached hydrogen (secondary N) is 1. The molecule has 2 rings (SSSR count). The number of amides is 1. The van der Waals surface area contributed by atoms with Crippen molar-refractivity contribution in [2.75, 3.05) is 14.1 Å². The van der Waals surface area contributed by atoms with Gasteiger partial charge in [-0.05, 0) is 55.8 Å². The molecule has 0 radical (unpaired) electrons. The van der Waals surface area contributed by atoms with Crippen LogP contribution in [0.25, 0.3) is 0 Å². The quantitative estimate of drug-likeness (QED) is 0.806. The molecular formula is C19H24N2O4S. The molecule has 0 aromatic heterocycles. The molecule has 0 fully saturated rings. The Morgan fingerprint density at radius 1 is 1.04 bits per heavy atom. The van der Waals surface area contributed by atoms with Gasteiger partial charge in [-0.3, -0.25) is 4.79 Å². The summed E-state index contributed by atoms with van der Waals surface area (Å²) < 4.78 is 30.8. The van der Waals surface area contributed by atoms with Crippen molar-refractivity contribution in [2.24, 2.45) is 0 Å². The Labute approximate surface area is 154 Å². The number of carbonyl (C=O) groups excluding carboxylic acids is 1. The van der Waals surface area contributed by atoms with Crippen LogP contribution in [0.15, 0.2) is 53.4 Å². The van der Waals surface area contributed by atoms with Crippen molar-refractivity contribution in [2.45, 2.75) is 31.4 Å². The van der Waals surface area contributed by atoms with Crippen LogP contribution in [0.1, 0.15) is 29.8 Å². The summed E-state index contributed by atoms with van der Waals surface area (Å²) in [5.41, 5.74) is 1.35. The van der Waals surface area contributed by atoms with Gasteiger partial charge < -0.3 is 10.1 Å². The van der Waals surface area contributed by atoms with E-state index >= 15 is 0 Å². The van der Waals surface area contributed by atoms with E-state index in [-0.39, 0.29) is 16.9 Å². The van der Waals surface area contributed by atoms with Crippen LogP contribution in [0.3, 0.4) is 0 Å². The minimum Gasteiger partial charge on any atom is -0.491 e. The summed E-state index contributed by atoms with van der Waals surface area (Å²) in [5, 5.41) is 2.82. The molecule has 0 bridgehead atoms. The van der Waals surface area contributed by atoms with Crippen molar-refractivity contribution >= 4 is 15.9 Å². The van der Waals surface area contributed by atoms with Gasteiger partial charge in [-0.2, -0.15) is 0 Å². The maximum atomic E-state index is 12.2. The normalized spacial score (nSPS) is 11.6. The fraction of sp³-hybridized carbons (Fsp3) is 0.316. The fourth-order valence-electron chi connectivity index (χ4n) is 2.23. The average molecular weight is 376 g/mol. The molecule has 26 heavy (non-hydrogen) atoms. The summed E-state index contributed by atoms with van der Waals surface area (Å²) in [6, 6.07) is 13.4. The molecule has 0 aliphatic rings. The van der Waals surface area contributed by atoms with Gasteiger partial charge in [0, 0.05) is 26.2 Å². The fourth-order valence-corrected chi connectivity index (χ4v) is 3.13. The Morgan fingerprint density at radius 3 is 2.12 bits per heavy atom. The largest absolute Gasteiger partial charge is 0.491 e. The van der Waals surface area contributed by atoms with E-state index in [1.807, 2.05) is 38.1 Å². The van der Waals surface area contributed by atoms with Crippen LogP contribution >= 0.6 is 0 Å². The van der Waals surface area contributed by atoms with Crippen LogP contribution in [0, 0.1) is 0 Å². The van der Waals surface area contributed by atoms with Crippen molar-refractivity contribution in [3.8, 4) is 5.75 Å². The van der Waals surface area contributed by atoms with E-state index in [1.54, 1.807) is 0 Å². The highest BCUT2D eigenvalue weighted by atomic mass is 32.2. The monoisotopic (exact) mass is 376 g/mol. The number of benzene rings is 2. The number of rotatable bonds is 7. The second kappa shape index (κ2) is 8.33. The lowest BCUT2D eigenvalue weighted by Gasteiger charge is -2.12. The number of hydrogen-bond donors (Lipinski definition) is 1. The van der Waals surface area contributed by atoms with E-state index in [4.69, 9.17) is 4.74 Å². The van der Waals surface area contributed by atoms with Gasteiger partial charge in [-0.1, -0.05) is 12.1 Å². The Bertz CT molecular complexity index is 842. The highest BCUT2D eigenvalue weighted by Gasteiger charge is 2.17. The Kier molecular flexibility index (Phi) is 6.39. The molecule has 7 heteroatoms. The molecule has 1 N–H and O–H groups in total. The molecule has 0 aliphatic carbocycles. The zero-order valence-electron chi connectivity index (χ0n) is 15.4. The SMILES string of the molecule is CC(C)Oc1ccc(CNC(=O)c2ccc(S(=O)(=O)N(C)C)cc2)cc1. The first kappa shape index (κ1) is 19.9. The van der Waals surface area contributed by atoms with Gasteiger partial charge in [-0.25, -0.2) is 12.7 Å². The Balaban J connectivity index is 1.98. The molecular weight excluding hydrogens is 352 g/mol. The highest BCUT2D eigenvalue weighted by Crippen LogP contribution is 2.15. The van der Waals surface area contributed by atoms with Crippen molar-refractivity contribution in [1.82, 2.24) is 9.62 Å².